The average molecular weight is 449 g/mol. The summed E-state index contributed by atoms with van der Waals surface area (Å²) >= 11 is 6.17. The molecule has 2 heterocycles. The first-order valence-corrected chi connectivity index (χ1v) is 11.2. The van der Waals surface area contributed by atoms with Gasteiger partial charge in [0, 0.05) is 24.7 Å². The Bertz CT molecular complexity index is 1200. The van der Waals surface area contributed by atoms with Gasteiger partial charge in [-0.15, -0.1) is 0 Å². The molecule has 0 spiro atoms. The number of pyridine rings is 1. The average Bonchev–Trinajstić information content (AvgIpc) is 2.76. The molecule has 9 heteroatoms. The second-order valence-electron chi connectivity index (χ2n) is 7.02. The van der Waals surface area contributed by atoms with Crippen molar-refractivity contribution < 1.29 is 22.3 Å². The molecule has 0 aliphatic carbocycles. The molecule has 1 unspecified atom stereocenters. The van der Waals surface area contributed by atoms with Crippen LogP contribution in [0.2, 0.25) is 5.02 Å². The Hall–Kier alpha value is -2.55. The largest absolute Gasteiger partial charge is 0.424 e. The number of benzene rings is 2. The number of ether oxygens (including phenoxy) is 1. The first-order chi connectivity index (χ1) is 14.4. The van der Waals surface area contributed by atoms with Crippen LogP contribution in [0, 0.1) is 11.7 Å². The molecule has 0 N–H and O–H groups in total. The first-order valence-electron chi connectivity index (χ1n) is 9.37. The highest BCUT2D eigenvalue weighted by Gasteiger charge is 2.34. The molecule has 6 nitrogen and oxygen atoms in total. The minimum Gasteiger partial charge on any atom is -0.424 e. The monoisotopic (exact) mass is 448 g/mol. The highest BCUT2D eigenvalue weighted by Crippen LogP contribution is 2.31. The zero-order valence-corrected chi connectivity index (χ0v) is 17.4. The van der Waals surface area contributed by atoms with Crippen molar-refractivity contribution in [2.75, 3.05) is 13.1 Å². The van der Waals surface area contributed by atoms with Crippen molar-refractivity contribution in [2.24, 2.45) is 5.92 Å². The van der Waals surface area contributed by atoms with Crippen LogP contribution in [0.1, 0.15) is 12.8 Å². The molecule has 1 aromatic heterocycles. The summed E-state index contributed by atoms with van der Waals surface area (Å²) in [5.41, 5.74) is 0.463. The van der Waals surface area contributed by atoms with Gasteiger partial charge in [0.25, 0.3) is 0 Å². The van der Waals surface area contributed by atoms with Crippen LogP contribution in [-0.2, 0) is 14.8 Å². The van der Waals surface area contributed by atoms with Crippen molar-refractivity contribution in [3.8, 4) is 5.75 Å². The van der Waals surface area contributed by atoms with E-state index in [0.717, 1.165) is 12.1 Å². The third-order valence-corrected chi connectivity index (χ3v) is 7.27. The number of sulfonamides is 1. The number of rotatable bonds is 4. The Morgan fingerprint density at radius 2 is 1.93 bits per heavy atom. The van der Waals surface area contributed by atoms with E-state index in [0.29, 0.717) is 28.8 Å². The molecule has 0 saturated carbocycles. The van der Waals surface area contributed by atoms with E-state index in [9.17, 15) is 17.6 Å². The van der Waals surface area contributed by atoms with Crippen LogP contribution < -0.4 is 4.74 Å². The van der Waals surface area contributed by atoms with Gasteiger partial charge in [-0.25, -0.2) is 12.8 Å². The molecular weight excluding hydrogens is 431 g/mol. The van der Waals surface area contributed by atoms with Gasteiger partial charge in [-0.2, -0.15) is 4.31 Å². The van der Waals surface area contributed by atoms with Gasteiger partial charge >= 0.3 is 5.97 Å². The lowest BCUT2D eigenvalue weighted by atomic mass is 10.00. The summed E-state index contributed by atoms with van der Waals surface area (Å²) in [6, 6.07) is 11.4. The number of nitrogens with zero attached hydrogens (tertiary/aromatic N) is 2. The number of hydrogen-bond acceptors (Lipinski definition) is 5. The maximum atomic E-state index is 13.1. The van der Waals surface area contributed by atoms with E-state index in [1.165, 1.54) is 16.4 Å². The number of carbonyl (C=O) groups is 1. The van der Waals surface area contributed by atoms with Crippen LogP contribution in [-0.4, -0.2) is 36.8 Å². The maximum Gasteiger partial charge on any atom is 0.315 e. The molecule has 0 amide bonds. The Balaban J connectivity index is 1.53. The predicted octanol–water partition coefficient (Wildman–Crippen LogP) is 4.03. The first kappa shape index (κ1) is 20.7. The van der Waals surface area contributed by atoms with Gasteiger partial charge in [-0.3, -0.25) is 9.78 Å². The van der Waals surface area contributed by atoms with Crippen LogP contribution >= 0.6 is 11.6 Å². The summed E-state index contributed by atoms with van der Waals surface area (Å²) in [6.07, 6.45) is 2.60. The zero-order chi connectivity index (χ0) is 21.3. The molecular formula is C21H18ClFN2O4S. The molecule has 2 aromatic carbocycles. The van der Waals surface area contributed by atoms with E-state index >= 15 is 0 Å². The molecule has 3 aromatic rings. The number of hydrogen-bond donors (Lipinski definition) is 0. The van der Waals surface area contributed by atoms with E-state index in [4.69, 9.17) is 16.3 Å². The fraction of sp³-hybridized carbons (Fsp3) is 0.238. The maximum absolute atomic E-state index is 13.1. The third-order valence-electron chi connectivity index (χ3n) is 5.06. The Labute approximate surface area is 178 Å². The van der Waals surface area contributed by atoms with Gasteiger partial charge in [0.15, 0.2) is 5.75 Å². The number of aromatic nitrogens is 1. The summed E-state index contributed by atoms with van der Waals surface area (Å²) in [7, 11) is -3.83. The lowest BCUT2D eigenvalue weighted by Crippen LogP contribution is -2.43. The van der Waals surface area contributed by atoms with Crippen molar-refractivity contribution in [2.45, 2.75) is 17.7 Å². The molecule has 156 valence electrons. The van der Waals surface area contributed by atoms with Gasteiger partial charge in [-0.1, -0.05) is 11.6 Å². The van der Waals surface area contributed by atoms with Crippen molar-refractivity contribution in [3.05, 3.63) is 65.6 Å². The Kier molecular flexibility index (Phi) is 5.73. The molecule has 1 atom stereocenters. The Morgan fingerprint density at radius 3 is 2.70 bits per heavy atom. The topological polar surface area (TPSA) is 76.6 Å². The number of halogens is 2. The highest BCUT2D eigenvalue weighted by molar-refractivity contribution is 7.89. The summed E-state index contributed by atoms with van der Waals surface area (Å²) in [5.74, 6) is -1.39. The van der Waals surface area contributed by atoms with Crippen LogP contribution in [0.3, 0.4) is 0 Å². The summed E-state index contributed by atoms with van der Waals surface area (Å²) < 4.78 is 45.7. The van der Waals surface area contributed by atoms with Crippen molar-refractivity contribution in [1.29, 1.82) is 0 Å². The van der Waals surface area contributed by atoms with Gasteiger partial charge < -0.3 is 4.74 Å². The minimum absolute atomic E-state index is 0.00249. The summed E-state index contributed by atoms with van der Waals surface area (Å²) in [4.78, 5) is 17.0. The molecule has 1 aliphatic rings. The molecule has 0 radical (unpaired) electrons. The third kappa shape index (κ3) is 4.03. The number of fused-ring (bicyclic) bond motifs is 1. The number of esters is 1. The fourth-order valence-electron chi connectivity index (χ4n) is 3.49. The van der Waals surface area contributed by atoms with Crippen LogP contribution in [0.5, 0.6) is 5.75 Å². The molecule has 1 aliphatic heterocycles. The molecule has 4 rings (SSSR count). The predicted molar refractivity (Wildman–Crippen MR) is 110 cm³/mol. The van der Waals surface area contributed by atoms with E-state index in [-0.39, 0.29) is 23.7 Å². The van der Waals surface area contributed by atoms with Crippen LogP contribution in [0.4, 0.5) is 4.39 Å². The smallest absolute Gasteiger partial charge is 0.315 e. The zero-order valence-electron chi connectivity index (χ0n) is 15.8. The minimum atomic E-state index is -3.83. The van der Waals surface area contributed by atoms with E-state index < -0.39 is 27.7 Å². The SMILES string of the molecule is O=C(Oc1ccc(Cl)c2cccnc12)C1CCCN(S(=O)(=O)c2ccc(F)cc2)C1. The van der Waals surface area contributed by atoms with Gasteiger partial charge in [0.2, 0.25) is 10.0 Å². The quantitative estimate of drug-likeness (QED) is 0.445. The van der Waals surface area contributed by atoms with E-state index in [1.54, 1.807) is 30.5 Å². The van der Waals surface area contributed by atoms with Gasteiger partial charge in [0.05, 0.1) is 15.8 Å². The summed E-state index contributed by atoms with van der Waals surface area (Å²) in [6.45, 7) is 0.284. The van der Waals surface area contributed by atoms with Crippen molar-refractivity contribution in [3.63, 3.8) is 0 Å². The van der Waals surface area contributed by atoms with Crippen molar-refractivity contribution >= 4 is 38.5 Å². The lowest BCUT2D eigenvalue weighted by molar-refractivity contribution is -0.140. The highest BCUT2D eigenvalue weighted by atomic mass is 35.5. The molecule has 1 saturated heterocycles. The standard InChI is InChI=1S/C21H18ClFN2O4S/c22-18-9-10-19(20-17(18)4-1-11-24-20)29-21(26)14-3-2-12-25(13-14)30(27,28)16-7-5-15(23)6-8-16/h1,4-11,14H,2-3,12-13H2. The molecule has 1 fully saturated rings. The van der Waals surface area contributed by atoms with Crippen LogP contribution in [0.25, 0.3) is 10.9 Å². The molecule has 30 heavy (non-hydrogen) atoms. The normalized spacial score (nSPS) is 17.7. The summed E-state index contributed by atoms with van der Waals surface area (Å²) in [5, 5.41) is 1.15. The Morgan fingerprint density at radius 1 is 1.17 bits per heavy atom. The van der Waals surface area contributed by atoms with Gasteiger partial charge in [-0.05, 0) is 61.4 Å². The second-order valence-corrected chi connectivity index (χ2v) is 9.37. The lowest BCUT2D eigenvalue weighted by Gasteiger charge is -2.30. The van der Waals surface area contributed by atoms with Crippen LogP contribution in [0.15, 0.2) is 59.6 Å². The molecule has 0 bridgehead atoms. The fourth-order valence-corrected chi connectivity index (χ4v) is 5.23. The second kappa shape index (κ2) is 8.29. The number of piperidine rings is 1. The van der Waals surface area contributed by atoms with E-state index in [1.807, 2.05) is 0 Å². The van der Waals surface area contributed by atoms with Gasteiger partial charge in [0.1, 0.15) is 11.3 Å². The number of carbonyl (C=O) groups excluding carboxylic acids is 1. The van der Waals surface area contributed by atoms with Crippen molar-refractivity contribution in [1.82, 2.24) is 9.29 Å². The van der Waals surface area contributed by atoms with E-state index in [2.05, 4.69) is 4.98 Å².